The van der Waals surface area contributed by atoms with Crippen LogP contribution < -0.4 is 10.3 Å². The van der Waals surface area contributed by atoms with E-state index < -0.39 is 0 Å². The third-order valence-corrected chi connectivity index (χ3v) is 7.66. The molecule has 2 heterocycles. The second-order valence-corrected chi connectivity index (χ2v) is 10.7. The van der Waals surface area contributed by atoms with Gasteiger partial charge >= 0.3 is 0 Å². The number of fused-ring (bicyclic) bond motifs is 1. The number of nitrogens with zero attached hydrogens (tertiary/aromatic N) is 4. The minimum Gasteiger partial charge on any atom is -0.489 e. The number of para-hydroxylation sites is 1. The molecule has 6 aromatic rings. The summed E-state index contributed by atoms with van der Waals surface area (Å²) in [6.07, 6.45) is 1.72. The van der Waals surface area contributed by atoms with Gasteiger partial charge in [0.25, 0.3) is 5.56 Å². The topological polar surface area (TPSA) is 61.4 Å². The quantitative estimate of drug-likeness (QED) is 0.175. The predicted molar refractivity (Wildman–Crippen MR) is 170 cm³/mol. The number of aryl methyl sites for hydroxylation is 1. The zero-order chi connectivity index (χ0) is 29.2. The Labute approximate surface area is 253 Å². The zero-order valence-electron chi connectivity index (χ0n) is 23.0. The summed E-state index contributed by atoms with van der Waals surface area (Å²) in [5, 5.41) is 6.33. The maximum absolute atomic E-state index is 13.5. The van der Waals surface area contributed by atoms with Crippen LogP contribution in [0.4, 0.5) is 0 Å². The van der Waals surface area contributed by atoms with E-state index in [1.54, 1.807) is 24.4 Å². The molecule has 0 aliphatic carbocycles. The molecule has 0 saturated heterocycles. The molecule has 0 radical (unpaired) electrons. The zero-order valence-corrected chi connectivity index (χ0v) is 24.5. The Morgan fingerprint density at radius 2 is 1.62 bits per heavy atom. The highest BCUT2D eigenvalue weighted by Gasteiger charge is 2.14. The van der Waals surface area contributed by atoms with Crippen molar-refractivity contribution in [3.63, 3.8) is 0 Å². The summed E-state index contributed by atoms with van der Waals surface area (Å²) in [5.41, 5.74) is 5.98. The molecular formula is C34H26Cl2N4O2. The van der Waals surface area contributed by atoms with Gasteiger partial charge in [-0.3, -0.25) is 4.79 Å². The van der Waals surface area contributed by atoms with Crippen LogP contribution in [0.15, 0.2) is 113 Å². The van der Waals surface area contributed by atoms with Gasteiger partial charge < -0.3 is 9.30 Å². The SMILES string of the molecule is Cc1cc(C=Nn2c(-c3ccccc3)nc3ccccc3c2=O)c(C)n1-c1ccc(OCc2ccc(Cl)cc2Cl)cc1. The lowest BCUT2D eigenvalue weighted by molar-refractivity contribution is 0.306. The summed E-state index contributed by atoms with van der Waals surface area (Å²) in [4.78, 5) is 18.3. The lowest BCUT2D eigenvalue weighted by Crippen LogP contribution is -2.20. The largest absolute Gasteiger partial charge is 0.489 e. The van der Waals surface area contributed by atoms with Crippen molar-refractivity contribution in [2.45, 2.75) is 20.5 Å². The second kappa shape index (κ2) is 11.7. The highest BCUT2D eigenvalue weighted by Crippen LogP contribution is 2.25. The van der Waals surface area contributed by atoms with E-state index in [0.29, 0.717) is 33.4 Å². The highest BCUT2D eigenvalue weighted by atomic mass is 35.5. The van der Waals surface area contributed by atoms with Gasteiger partial charge in [0, 0.05) is 43.8 Å². The van der Waals surface area contributed by atoms with Gasteiger partial charge in [0.15, 0.2) is 5.82 Å². The van der Waals surface area contributed by atoms with Gasteiger partial charge in [0.1, 0.15) is 12.4 Å². The monoisotopic (exact) mass is 592 g/mol. The van der Waals surface area contributed by atoms with E-state index in [2.05, 4.69) is 9.67 Å². The van der Waals surface area contributed by atoms with E-state index in [9.17, 15) is 4.79 Å². The van der Waals surface area contributed by atoms with Crippen LogP contribution in [0.25, 0.3) is 28.0 Å². The number of rotatable bonds is 7. The van der Waals surface area contributed by atoms with Crippen molar-refractivity contribution in [2.75, 3.05) is 0 Å². The Morgan fingerprint density at radius 1 is 0.881 bits per heavy atom. The normalized spacial score (nSPS) is 11.4. The molecule has 0 amide bonds. The van der Waals surface area contributed by atoms with Gasteiger partial charge in [0.05, 0.1) is 17.1 Å². The molecule has 0 spiro atoms. The van der Waals surface area contributed by atoms with Gasteiger partial charge in [-0.2, -0.15) is 9.78 Å². The van der Waals surface area contributed by atoms with Crippen molar-refractivity contribution >= 4 is 40.3 Å². The van der Waals surface area contributed by atoms with Crippen molar-refractivity contribution in [2.24, 2.45) is 5.10 Å². The molecule has 0 fully saturated rings. The van der Waals surface area contributed by atoms with Gasteiger partial charge in [-0.25, -0.2) is 4.98 Å². The number of aromatic nitrogens is 3. The molecular weight excluding hydrogens is 567 g/mol. The fourth-order valence-electron chi connectivity index (χ4n) is 4.93. The third kappa shape index (κ3) is 5.47. The van der Waals surface area contributed by atoms with Crippen LogP contribution >= 0.6 is 23.2 Å². The Balaban J connectivity index is 1.29. The van der Waals surface area contributed by atoms with Gasteiger partial charge in [-0.15, -0.1) is 0 Å². The molecule has 0 saturated carbocycles. The summed E-state index contributed by atoms with van der Waals surface area (Å²) in [5.74, 6) is 1.21. The maximum Gasteiger partial charge on any atom is 0.282 e. The van der Waals surface area contributed by atoms with E-state index in [1.807, 2.05) is 98.8 Å². The first-order valence-electron chi connectivity index (χ1n) is 13.4. The number of hydrogen-bond acceptors (Lipinski definition) is 4. The lowest BCUT2D eigenvalue weighted by atomic mass is 10.2. The fraction of sp³-hybridized carbons (Fsp3) is 0.0882. The van der Waals surface area contributed by atoms with E-state index in [-0.39, 0.29) is 5.56 Å². The molecule has 0 atom stereocenters. The minimum atomic E-state index is -0.222. The molecule has 0 aliphatic rings. The first-order chi connectivity index (χ1) is 20.4. The Bertz CT molecular complexity index is 2000. The van der Waals surface area contributed by atoms with Crippen molar-refractivity contribution in [1.82, 2.24) is 14.2 Å². The number of hydrogen-bond donors (Lipinski definition) is 0. The molecule has 0 unspecified atom stereocenters. The number of ether oxygens (including phenoxy) is 1. The van der Waals surface area contributed by atoms with Crippen LogP contribution in [-0.4, -0.2) is 20.4 Å². The van der Waals surface area contributed by atoms with Crippen LogP contribution in [0.2, 0.25) is 10.0 Å². The number of halogens is 2. The maximum atomic E-state index is 13.5. The smallest absolute Gasteiger partial charge is 0.282 e. The van der Waals surface area contributed by atoms with E-state index in [0.717, 1.165) is 39.5 Å². The Kier molecular flexibility index (Phi) is 7.66. The molecule has 2 aromatic heterocycles. The molecule has 8 heteroatoms. The molecule has 4 aromatic carbocycles. The van der Waals surface area contributed by atoms with Crippen molar-refractivity contribution < 1.29 is 4.74 Å². The minimum absolute atomic E-state index is 0.222. The van der Waals surface area contributed by atoms with Crippen molar-refractivity contribution in [3.8, 4) is 22.8 Å². The molecule has 208 valence electrons. The van der Waals surface area contributed by atoms with Crippen LogP contribution in [0.5, 0.6) is 5.75 Å². The van der Waals surface area contributed by atoms with Gasteiger partial charge in [-0.1, -0.05) is 71.7 Å². The summed E-state index contributed by atoms with van der Waals surface area (Å²) < 4.78 is 9.47. The van der Waals surface area contributed by atoms with Gasteiger partial charge in [0.2, 0.25) is 0 Å². The first kappa shape index (κ1) is 27.5. The van der Waals surface area contributed by atoms with Crippen LogP contribution in [0.1, 0.15) is 22.5 Å². The molecule has 6 rings (SSSR count). The average Bonchev–Trinajstić information content (AvgIpc) is 3.29. The highest BCUT2D eigenvalue weighted by molar-refractivity contribution is 6.35. The summed E-state index contributed by atoms with van der Waals surface area (Å²) in [6.45, 7) is 4.41. The van der Waals surface area contributed by atoms with Crippen LogP contribution in [-0.2, 0) is 6.61 Å². The van der Waals surface area contributed by atoms with E-state index in [1.165, 1.54) is 4.68 Å². The van der Waals surface area contributed by atoms with E-state index >= 15 is 0 Å². The lowest BCUT2D eigenvalue weighted by Gasteiger charge is -2.12. The number of benzene rings is 4. The van der Waals surface area contributed by atoms with Crippen LogP contribution in [0.3, 0.4) is 0 Å². The standard InChI is InChI=1S/C34H26Cl2N4O2/c1-22-18-26(20-37-40-33(24-8-4-3-5-9-24)38-32-11-7-6-10-30(32)34(40)41)23(2)39(22)28-14-16-29(17-15-28)42-21-25-12-13-27(35)19-31(25)36/h3-20H,21H2,1-2H3. The molecule has 0 N–H and O–H groups in total. The van der Waals surface area contributed by atoms with Crippen LogP contribution in [0, 0.1) is 13.8 Å². The fourth-order valence-corrected chi connectivity index (χ4v) is 5.39. The Hall–Kier alpha value is -4.65. The summed E-state index contributed by atoms with van der Waals surface area (Å²) in [7, 11) is 0. The summed E-state index contributed by atoms with van der Waals surface area (Å²) in [6, 6.07) is 32.2. The molecule has 6 nitrogen and oxygen atoms in total. The Morgan fingerprint density at radius 3 is 2.38 bits per heavy atom. The van der Waals surface area contributed by atoms with Crippen molar-refractivity contribution in [3.05, 3.63) is 146 Å². The second-order valence-electron chi connectivity index (χ2n) is 9.86. The third-order valence-electron chi connectivity index (χ3n) is 7.07. The molecule has 0 bridgehead atoms. The summed E-state index contributed by atoms with van der Waals surface area (Å²) >= 11 is 12.3. The molecule has 0 aliphatic heterocycles. The molecule has 42 heavy (non-hydrogen) atoms. The van der Waals surface area contributed by atoms with E-state index in [4.69, 9.17) is 32.9 Å². The predicted octanol–water partition coefficient (Wildman–Crippen LogP) is 8.24. The van der Waals surface area contributed by atoms with Crippen molar-refractivity contribution in [1.29, 1.82) is 0 Å². The van der Waals surface area contributed by atoms with Gasteiger partial charge in [-0.05, 0) is 68.4 Å². The first-order valence-corrected chi connectivity index (χ1v) is 14.1. The average molecular weight is 594 g/mol.